The Hall–Kier alpha value is -1.75. The van der Waals surface area contributed by atoms with Gasteiger partial charge in [-0.2, -0.15) is 0 Å². The van der Waals surface area contributed by atoms with Crippen LogP contribution in [0.3, 0.4) is 0 Å². The fourth-order valence-corrected chi connectivity index (χ4v) is 2.11. The molecule has 0 aliphatic heterocycles. The Morgan fingerprint density at radius 3 is 2.89 bits per heavy atom. The number of nitrogens with one attached hydrogen (secondary N) is 1. The molecule has 0 spiro atoms. The lowest BCUT2D eigenvalue weighted by molar-refractivity contribution is 0.540. The lowest BCUT2D eigenvalue weighted by atomic mass is 9.99. The van der Waals surface area contributed by atoms with E-state index in [4.69, 9.17) is 0 Å². The number of rotatable bonds is 5. The fraction of sp³-hybridized carbons (Fsp3) is 0.462. The smallest absolute Gasteiger partial charge is 0.0845 e. The summed E-state index contributed by atoms with van der Waals surface area (Å²) < 4.78 is 1.73. The molecule has 2 aromatic rings. The molecule has 0 bridgehead atoms. The quantitative estimate of drug-likeness (QED) is 0.865. The second kappa shape index (κ2) is 5.73. The van der Waals surface area contributed by atoms with Crippen LogP contribution >= 0.6 is 0 Å². The third kappa shape index (κ3) is 2.92. The molecule has 5 heteroatoms. The number of nitrogens with zero attached hydrogens (tertiary/aromatic N) is 4. The molecule has 1 unspecified atom stereocenters. The number of aryl methyl sites for hydroxylation is 2. The van der Waals surface area contributed by atoms with Gasteiger partial charge >= 0.3 is 0 Å². The third-order valence-corrected chi connectivity index (χ3v) is 2.95. The maximum absolute atomic E-state index is 4.15. The van der Waals surface area contributed by atoms with Gasteiger partial charge in [0.25, 0.3) is 0 Å². The molecule has 0 radical (unpaired) electrons. The molecule has 2 aromatic heterocycles. The van der Waals surface area contributed by atoms with Crippen molar-refractivity contribution in [1.82, 2.24) is 25.3 Å². The Kier molecular flexibility index (Phi) is 4.04. The summed E-state index contributed by atoms with van der Waals surface area (Å²) in [5.41, 5.74) is 3.48. The van der Waals surface area contributed by atoms with Gasteiger partial charge in [-0.25, -0.2) is 0 Å². The summed E-state index contributed by atoms with van der Waals surface area (Å²) in [6.45, 7) is 5.12. The van der Waals surface area contributed by atoms with Crippen molar-refractivity contribution in [3.8, 4) is 0 Å². The van der Waals surface area contributed by atoms with E-state index in [-0.39, 0.29) is 6.04 Å². The number of aromatic nitrogens is 4. The highest BCUT2D eigenvalue weighted by Gasteiger charge is 2.15. The number of hydrogen-bond donors (Lipinski definition) is 1. The van der Waals surface area contributed by atoms with Gasteiger partial charge < -0.3 is 5.32 Å². The van der Waals surface area contributed by atoms with Crippen LogP contribution in [-0.4, -0.2) is 26.5 Å². The van der Waals surface area contributed by atoms with Gasteiger partial charge in [0, 0.05) is 38.1 Å². The summed E-state index contributed by atoms with van der Waals surface area (Å²) in [5.74, 6) is 0. The zero-order valence-electron chi connectivity index (χ0n) is 11.1. The Labute approximate surface area is 107 Å². The highest BCUT2D eigenvalue weighted by Crippen LogP contribution is 2.19. The lowest BCUT2D eigenvalue weighted by Gasteiger charge is -2.18. The van der Waals surface area contributed by atoms with Crippen molar-refractivity contribution in [3.05, 3.63) is 41.5 Å². The van der Waals surface area contributed by atoms with Crippen LogP contribution in [0.2, 0.25) is 0 Å². The molecule has 2 rings (SSSR count). The van der Waals surface area contributed by atoms with Crippen LogP contribution in [0.25, 0.3) is 0 Å². The first-order valence-corrected chi connectivity index (χ1v) is 6.19. The molecule has 1 N–H and O–H groups in total. The van der Waals surface area contributed by atoms with Crippen molar-refractivity contribution in [2.45, 2.75) is 26.3 Å². The minimum Gasteiger partial charge on any atom is -0.310 e. The van der Waals surface area contributed by atoms with Crippen molar-refractivity contribution < 1.29 is 0 Å². The molecule has 18 heavy (non-hydrogen) atoms. The Balaban J connectivity index is 2.20. The fourth-order valence-electron chi connectivity index (χ4n) is 2.11. The monoisotopic (exact) mass is 245 g/mol. The molecule has 0 aliphatic carbocycles. The average Bonchev–Trinajstić information content (AvgIpc) is 2.75. The number of likely N-dealkylation sites (N-methyl/N-ethyl adjacent to an activating group) is 1. The molecule has 0 amide bonds. The Morgan fingerprint density at radius 1 is 1.44 bits per heavy atom. The van der Waals surface area contributed by atoms with E-state index in [1.54, 1.807) is 4.68 Å². The van der Waals surface area contributed by atoms with Gasteiger partial charge in [-0.1, -0.05) is 12.1 Å². The average molecular weight is 245 g/mol. The molecule has 0 saturated heterocycles. The van der Waals surface area contributed by atoms with Gasteiger partial charge in [-0.15, -0.1) is 5.10 Å². The minimum atomic E-state index is 0.259. The molecule has 0 aliphatic rings. The van der Waals surface area contributed by atoms with Gasteiger partial charge in [0.1, 0.15) is 0 Å². The van der Waals surface area contributed by atoms with Crippen LogP contribution in [0.1, 0.15) is 29.8 Å². The topological polar surface area (TPSA) is 55.6 Å². The summed E-state index contributed by atoms with van der Waals surface area (Å²) >= 11 is 0. The maximum Gasteiger partial charge on any atom is 0.0845 e. The SMILES string of the molecule is CCNC(Cc1cn(C)nn1)c1ccncc1C. The minimum absolute atomic E-state index is 0.259. The predicted molar refractivity (Wildman–Crippen MR) is 70.1 cm³/mol. The number of hydrogen-bond acceptors (Lipinski definition) is 4. The summed E-state index contributed by atoms with van der Waals surface area (Å²) in [7, 11) is 1.89. The lowest BCUT2D eigenvalue weighted by Crippen LogP contribution is -2.24. The molecule has 0 saturated carbocycles. The normalized spacial score (nSPS) is 12.6. The van der Waals surface area contributed by atoms with Crippen LogP contribution < -0.4 is 5.32 Å². The standard InChI is InChI=1S/C13H19N5/c1-4-15-13(7-11-9-18(3)17-16-11)12-5-6-14-8-10(12)2/h5-6,8-9,13,15H,4,7H2,1-3H3. The molecular formula is C13H19N5. The van der Waals surface area contributed by atoms with E-state index in [0.717, 1.165) is 18.7 Å². The van der Waals surface area contributed by atoms with Crippen molar-refractivity contribution in [2.24, 2.45) is 7.05 Å². The van der Waals surface area contributed by atoms with Gasteiger partial charge in [-0.3, -0.25) is 9.67 Å². The van der Waals surface area contributed by atoms with Gasteiger partial charge in [0.15, 0.2) is 0 Å². The zero-order chi connectivity index (χ0) is 13.0. The highest BCUT2D eigenvalue weighted by atomic mass is 15.4. The van der Waals surface area contributed by atoms with Crippen LogP contribution in [0.15, 0.2) is 24.7 Å². The summed E-state index contributed by atoms with van der Waals surface area (Å²) in [6.07, 6.45) is 6.53. The summed E-state index contributed by atoms with van der Waals surface area (Å²) in [4.78, 5) is 4.14. The van der Waals surface area contributed by atoms with Crippen molar-refractivity contribution >= 4 is 0 Å². The molecule has 96 valence electrons. The van der Waals surface area contributed by atoms with Crippen LogP contribution in [-0.2, 0) is 13.5 Å². The third-order valence-electron chi connectivity index (χ3n) is 2.95. The maximum atomic E-state index is 4.15. The highest BCUT2D eigenvalue weighted by molar-refractivity contribution is 5.26. The van der Waals surface area contributed by atoms with Gasteiger partial charge in [0.2, 0.25) is 0 Å². The summed E-state index contributed by atoms with van der Waals surface area (Å²) in [6, 6.07) is 2.33. The van der Waals surface area contributed by atoms with E-state index in [1.165, 1.54) is 11.1 Å². The Bertz CT molecular complexity index is 506. The van der Waals surface area contributed by atoms with Crippen molar-refractivity contribution in [1.29, 1.82) is 0 Å². The van der Waals surface area contributed by atoms with Crippen LogP contribution in [0.4, 0.5) is 0 Å². The molecule has 1 atom stereocenters. The Morgan fingerprint density at radius 2 is 2.28 bits per heavy atom. The first kappa shape index (κ1) is 12.7. The molecular weight excluding hydrogens is 226 g/mol. The van der Waals surface area contributed by atoms with Crippen molar-refractivity contribution in [2.75, 3.05) is 6.54 Å². The molecule has 2 heterocycles. The van der Waals surface area contributed by atoms with Gasteiger partial charge in [0.05, 0.1) is 5.69 Å². The molecule has 0 aromatic carbocycles. The second-order valence-corrected chi connectivity index (χ2v) is 4.43. The van der Waals surface area contributed by atoms with E-state index in [0.29, 0.717) is 0 Å². The summed E-state index contributed by atoms with van der Waals surface area (Å²) in [5, 5.41) is 11.6. The zero-order valence-corrected chi connectivity index (χ0v) is 11.1. The van der Waals surface area contributed by atoms with Crippen molar-refractivity contribution in [3.63, 3.8) is 0 Å². The largest absolute Gasteiger partial charge is 0.310 e. The van der Waals surface area contributed by atoms with Crippen LogP contribution in [0, 0.1) is 6.92 Å². The second-order valence-electron chi connectivity index (χ2n) is 4.43. The van der Waals surface area contributed by atoms with E-state index < -0.39 is 0 Å². The van der Waals surface area contributed by atoms with Gasteiger partial charge in [-0.05, 0) is 30.7 Å². The molecule has 5 nitrogen and oxygen atoms in total. The van der Waals surface area contributed by atoms with E-state index in [2.05, 4.69) is 40.5 Å². The first-order chi connectivity index (χ1) is 8.70. The van der Waals surface area contributed by atoms with E-state index in [9.17, 15) is 0 Å². The van der Waals surface area contributed by atoms with E-state index in [1.807, 2.05) is 25.6 Å². The first-order valence-electron chi connectivity index (χ1n) is 6.19. The van der Waals surface area contributed by atoms with Crippen LogP contribution in [0.5, 0.6) is 0 Å². The molecule has 0 fully saturated rings. The predicted octanol–water partition coefficient (Wildman–Crippen LogP) is 1.41. The number of pyridine rings is 1. The van der Waals surface area contributed by atoms with E-state index >= 15 is 0 Å².